The first-order chi connectivity index (χ1) is 6.56. The van der Waals surface area contributed by atoms with Crippen LogP contribution in [0.3, 0.4) is 0 Å². The molecule has 1 atom stereocenters. The molecule has 0 saturated carbocycles. The van der Waals surface area contributed by atoms with Crippen LogP contribution in [0.1, 0.15) is 0 Å². The average Bonchev–Trinajstić information content (AvgIpc) is 2.18. The van der Waals surface area contributed by atoms with Crippen LogP contribution in [0.25, 0.3) is 0 Å². The summed E-state index contributed by atoms with van der Waals surface area (Å²) in [6.45, 7) is 0.632. The Labute approximate surface area is 102 Å². The molecule has 1 N–H and O–H groups in total. The molecule has 0 amide bonds. The third-order valence-electron chi connectivity index (χ3n) is 2.30. The first-order valence-electron chi connectivity index (χ1n) is 4.69. The summed E-state index contributed by atoms with van der Waals surface area (Å²) in [5.41, 5.74) is 1.18. The average molecular weight is 250 g/mol. The fourth-order valence-corrected chi connectivity index (χ4v) is 1.61. The summed E-state index contributed by atoms with van der Waals surface area (Å²) in [5.74, 6) is 0.286. The van der Waals surface area contributed by atoms with Gasteiger partial charge in [0, 0.05) is 0 Å². The van der Waals surface area contributed by atoms with Crippen LogP contribution in [-0.4, -0.2) is 37.7 Å². The summed E-state index contributed by atoms with van der Waals surface area (Å²) in [4.78, 5) is 0. The molecule has 86 valence electrons. The molecule has 1 rings (SSSR count). The molecule has 0 aliphatic carbocycles. The number of para-hydroxylation sites is 1. The lowest BCUT2D eigenvalue weighted by molar-refractivity contribution is -0.00000570. The van der Waals surface area contributed by atoms with Crippen LogP contribution in [0.15, 0.2) is 30.3 Å². The van der Waals surface area contributed by atoms with Crippen LogP contribution in [0, 0.1) is 0 Å². The molecule has 0 bridgehead atoms. The molecule has 0 radical (unpaired) electrons. The summed E-state index contributed by atoms with van der Waals surface area (Å²) >= 11 is 5.59. The molecule has 2 nitrogen and oxygen atoms in total. The number of benzene rings is 1. The molecule has 0 aliphatic heterocycles. The van der Waals surface area contributed by atoms with Crippen molar-refractivity contribution in [2.75, 3.05) is 26.5 Å². The molecule has 0 aliphatic rings. The van der Waals surface area contributed by atoms with Gasteiger partial charge in [-0.15, -0.1) is 11.6 Å². The van der Waals surface area contributed by atoms with Crippen molar-refractivity contribution in [3.05, 3.63) is 30.3 Å². The van der Waals surface area contributed by atoms with E-state index in [4.69, 9.17) is 11.6 Å². The Morgan fingerprint density at radius 2 is 1.80 bits per heavy atom. The number of halogens is 2. The normalized spacial score (nSPS) is 13.1. The third-order valence-corrected chi connectivity index (χ3v) is 2.66. The highest BCUT2D eigenvalue weighted by Gasteiger charge is 2.22. The standard InChI is InChI=1S/C11H17ClNO.ClH/c1-13(2,9-11(14)8-12)10-6-4-3-5-7-10;/h3-7,11,14H,8-9H2,1-2H3;1H/q+1;/p-1. The number of aliphatic hydroxyl groups excluding tert-OH is 1. The van der Waals surface area contributed by atoms with E-state index in [1.807, 2.05) is 18.2 Å². The maximum absolute atomic E-state index is 9.51. The number of alkyl halides is 1. The lowest BCUT2D eigenvalue weighted by Gasteiger charge is -2.30. The Kier molecular flexibility index (Phi) is 6.22. The monoisotopic (exact) mass is 249 g/mol. The van der Waals surface area contributed by atoms with E-state index in [0.29, 0.717) is 11.0 Å². The van der Waals surface area contributed by atoms with Crippen LogP contribution in [0.5, 0.6) is 0 Å². The highest BCUT2D eigenvalue weighted by atomic mass is 35.5. The van der Waals surface area contributed by atoms with Gasteiger partial charge in [-0.2, -0.15) is 0 Å². The molecule has 1 unspecified atom stereocenters. The van der Waals surface area contributed by atoms with E-state index in [9.17, 15) is 5.11 Å². The molecule has 0 saturated heterocycles. The largest absolute Gasteiger partial charge is 1.00 e. The third kappa shape index (κ3) is 4.39. The number of hydrogen-bond acceptors (Lipinski definition) is 1. The second kappa shape index (κ2) is 6.33. The zero-order valence-corrected chi connectivity index (χ0v) is 10.5. The van der Waals surface area contributed by atoms with Gasteiger partial charge in [0.25, 0.3) is 0 Å². The Morgan fingerprint density at radius 3 is 2.27 bits per heavy atom. The predicted molar refractivity (Wildman–Crippen MR) is 61.7 cm³/mol. The summed E-state index contributed by atoms with van der Waals surface area (Å²) < 4.78 is 0.648. The Morgan fingerprint density at radius 1 is 1.27 bits per heavy atom. The number of rotatable bonds is 4. The van der Waals surface area contributed by atoms with Crippen molar-refractivity contribution in [3.63, 3.8) is 0 Å². The van der Waals surface area contributed by atoms with Gasteiger partial charge in [-0.1, -0.05) is 18.2 Å². The highest BCUT2D eigenvalue weighted by molar-refractivity contribution is 6.18. The van der Waals surface area contributed by atoms with Gasteiger partial charge in [0.05, 0.1) is 20.0 Å². The number of aliphatic hydroxyl groups is 1. The zero-order chi connectivity index (χ0) is 10.6. The molecule has 4 heteroatoms. The smallest absolute Gasteiger partial charge is 0.132 e. The van der Waals surface area contributed by atoms with Gasteiger partial charge in [-0.3, -0.25) is 4.48 Å². The fourth-order valence-electron chi connectivity index (χ4n) is 1.51. The summed E-state index contributed by atoms with van der Waals surface area (Å²) in [5, 5.41) is 9.51. The lowest BCUT2D eigenvalue weighted by atomic mass is 10.2. The van der Waals surface area contributed by atoms with Gasteiger partial charge < -0.3 is 17.5 Å². The van der Waals surface area contributed by atoms with E-state index in [-0.39, 0.29) is 18.3 Å². The lowest BCUT2D eigenvalue weighted by Crippen LogP contribution is -3.00. The SMILES string of the molecule is C[N+](C)(CC(O)CCl)c1ccccc1.[Cl-]. The number of likely N-dealkylation sites (N-methyl/N-ethyl adjacent to an activating group) is 1. The van der Waals surface area contributed by atoms with Crippen molar-refractivity contribution in [2.45, 2.75) is 6.10 Å². The van der Waals surface area contributed by atoms with E-state index in [2.05, 4.69) is 26.2 Å². The quantitative estimate of drug-likeness (QED) is 0.529. The predicted octanol–water partition coefficient (Wildman–Crippen LogP) is -1.14. The first-order valence-corrected chi connectivity index (χ1v) is 5.22. The van der Waals surface area contributed by atoms with E-state index in [1.165, 1.54) is 5.69 Å². The van der Waals surface area contributed by atoms with E-state index < -0.39 is 6.10 Å². The highest BCUT2D eigenvalue weighted by Crippen LogP contribution is 2.18. The second-order valence-corrected chi connectivity index (χ2v) is 4.32. The molecule has 0 heterocycles. The van der Waals surface area contributed by atoms with Crippen molar-refractivity contribution < 1.29 is 17.5 Å². The van der Waals surface area contributed by atoms with Gasteiger partial charge in [0.2, 0.25) is 0 Å². The van der Waals surface area contributed by atoms with E-state index in [0.717, 1.165) is 0 Å². The number of quaternary nitrogens is 1. The maximum atomic E-state index is 9.51. The van der Waals surface area contributed by atoms with Gasteiger partial charge in [-0.05, 0) is 12.1 Å². The molecule has 15 heavy (non-hydrogen) atoms. The van der Waals surface area contributed by atoms with Crippen molar-refractivity contribution in [2.24, 2.45) is 0 Å². The van der Waals surface area contributed by atoms with Gasteiger partial charge >= 0.3 is 0 Å². The fraction of sp³-hybridized carbons (Fsp3) is 0.455. The van der Waals surface area contributed by atoms with Crippen LogP contribution >= 0.6 is 11.6 Å². The molecule has 0 spiro atoms. The topological polar surface area (TPSA) is 20.2 Å². The van der Waals surface area contributed by atoms with Crippen LogP contribution in [0.4, 0.5) is 5.69 Å². The van der Waals surface area contributed by atoms with Gasteiger partial charge in [-0.25, -0.2) is 0 Å². The Hall–Kier alpha value is -0.280. The van der Waals surface area contributed by atoms with Crippen molar-refractivity contribution >= 4 is 17.3 Å². The molecule has 0 aromatic heterocycles. The second-order valence-electron chi connectivity index (χ2n) is 4.01. The number of hydrogen-bond donors (Lipinski definition) is 1. The summed E-state index contributed by atoms with van der Waals surface area (Å²) in [6.07, 6.45) is -0.452. The molecule has 1 aromatic carbocycles. The maximum Gasteiger partial charge on any atom is 0.132 e. The Balaban J connectivity index is 0.00000196. The molecular weight excluding hydrogens is 233 g/mol. The van der Waals surface area contributed by atoms with Gasteiger partial charge in [0.15, 0.2) is 0 Å². The molecular formula is C11H17Cl2NO. The molecule has 0 fully saturated rings. The van der Waals surface area contributed by atoms with E-state index in [1.54, 1.807) is 0 Å². The van der Waals surface area contributed by atoms with Crippen LogP contribution in [-0.2, 0) is 0 Å². The van der Waals surface area contributed by atoms with E-state index >= 15 is 0 Å². The zero-order valence-electron chi connectivity index (χ0n) is 9.03. The van der Waals surface area contributed by atoms with Crippen molar-refractivity contribution in [1.29, 1.82) is 0 Å². The number of nitrogens with zero attached hydrogens (tertiary/aromatic N) is 1. The van der Waals surface area contributed by atoms with Crippen LogP contribution < -0.4 is 16.9 Å². The molecule has 1 aromatic rings. The summed E-state index contributed by atoms with van der Waals surface area (Å²) in [6, 6.07) is 10.1. The van der Waals surface area contributed by atoms with Crippen molar-refractivity contribution in [3.8, 4) is 0 Å². The van der Waals surface area contributed by atoms with Crippen molar-refractivity contribution in [1.82, 2.24) is 4.48 Å². The minimum absolute atomic E-state index is 0. The van der Waals surface area contributed by atoms with Crippen LogP contribution in [0.2, 0.25) is 0 Å². The summed E-state index contributed by atoms with van der Waals surface area (Å²) in [7, 11) is 4.12. The first kappa shape index (κ1) is 14.7. The van der Waals surface area contributed by atoms with Gasteiger partial charge in [0.1, 0.15) is 18.3 Å². The minimum Gasteiger partial charge on any atom is -1.00 e. The minimum atomic E-state index is -0.452. The Bertz CT molecular complexity index is 277.